The molecule has 0 bridgehead atoms. The summed E-state index contributed by atoms with van der Waals surface area (Å²) in [5, 5.41) is 7.15. The molecule has 22 heavy (non-hydrogen) atoms. The minimum atomic E-state index is -0.0532. The number of hydrogen-bond donors (Lipinski definition) is 1. The van der Waals surface area contributed by atoms with Crippen LogP contribution < -0.4 is 16.3 Å². The molecule has 2 fully saturated rings. The van der Waals surface area contributed by atoms with Crippen LogP contribution in [0.5, 0.6) is 0 Å². The summed E-state index contributed by atoms with van der Waals surface area (Å²) in [6.45, 7) is 1.84. The Morgan fingerprint density at radius 2 is 2.09 bits per heavy atom. The first-order valence-electron chi connectivity index (χ1n) is 8.01. The molecule has 7 heteroatoms. The van der Waals surface area contributed by atoms with Crippen molar-refractivity contribution in [2.24, 2.45) is 18.2 Å². The van der Waals surface area contributed by atoms with E-state index in [1.807, 2.05) is 0 Å². The van der Waals surface area contributed by atoms with Crippen molar-refractivity contribution in [2.45, 2.75) is 38.1 Å². The van der Waals surface area contributed by atoms with E-state index in [2.05, 4.69) is 15.1 Å². The van der Waals surface area contributed by atoms with Crippen molar-refractivity contribution in [3.05, 3.63) is 22.9 Å². The van der Waals surface area contributed by atoms with E-state index in [0.717, 1.165) is 32.4 Å². The SMILES string of the molecule is Cn1cnc2c(cnn2N2CCC3(CCCC3N)CC2)c1=O. The van der Waals surface area contributed by atoms with E-state index in [1.165, 1.54) is 17.4 Å². The van der Waals surface area contributed by atoms with Crippen molar-refractivity contribution in [3.8, 4) is 0 Å². The predicted octanol–water partition coefficient (Wildman–Crippen LogP) is 0.359. The summed E-state index contributed by atoms with van der Waals surface area (Å²) in [7, 11) is 1.71. The third kappa shape index (κ3) is 1.88. The van der Waals surface area contributed by atoms with Crippen molar-refractivity contribution < 1.29 is 0 Å². The third-order valence-electron chi connectivity index (χ3n) is 5.61. The molecule has 1 unspecified atom stereocenters. The summed E-state index contributed by atoms with van der Waals surface area (Å²) in [5.74, 6) is 0. The molecule has 1 aliphatic carbocycles. The summed E-state index contributed by atoms with van der Waals surface area (Å²) >= 11 is 0. The fraction of sp³-hybridized carbons (Fsp3) is 0.667. The van der Waals surface area contributed by atoms with Gasteiger partial charge in [0.1, 0.15) is 5.39 Å². The summed E-state index contributed by atoms with van der Waals surface area (Å²) < 4.78 is 1.48. The maximum atomic E-state index is 12.1. The molecule has 118 valence electrons. The molecule has 4 rings (SSSR count). The van der Waals surface area contributed by atoms with Gasteiger partial charge >= 0.3 is 0 Å². The van der Waals surface area contributed by atoms with Crippen LogP contribution >= 0.6 is 0 Å². The fourth-order valence-electron chi connectivity index (χ4n) is 4.11. The summed E-state index contributed by atoms with van der Waals surface area (Å²) in [6.07, 6.45) is 9.03. The van der Waals surface area contributed by atoms with Crippen LogP contribution in [0.2, 0.25) is 0 Å². The first-order valence-corrected chi connectivity index (χ1v) is 8.01. The van der Waals surface area contributed by atoms with Crippen LogP contribution in [0.4, 0.5) is 0 Å². The van der Waals surface area contributed by atoms with Crippen LogP contribution in [0.25, 0.3) is 11.0 Å². The zero-order chi connectivity index (χ0) is 15.3. The Hall–Kier alpha value is -1.89. The number of piperidine rings is 1. The summed E-state index contributed by atoms with van der Waals surface area (Å²) in [6, 6.07) is 0.342. The molecule has 2 aromatic rings. The first-order chi connectivity index (χ1) is 10.6. The van der Waals surface area contributed by atoms with Gasteiger partial charge in [-0.15, -0.1) is 0 Å². The number of hydrogen-bond acceptors (Lipinski definition) is 5. The topological polar surface area (TPSA) is 82.0 Å². The van der Waals surface area contributed by atoms with Gasteiger partial charge in [0, 0.05) is 26.2 Å². The Morgan fingerprint density at radius 3 is 2.77 bits per heavy atom. The lowest BCUT2D eigenvalue weighted by Gasteiger charge is -2.42. The Labute approximate surface area is 128 Å². The first kappa shape index (κ1) is 13.8. The zero-order valence-corrected chi connectivity index (χ0v) is 12.9. The molecule has 2 N–H and O–H groups in total. The van der Waals surface area contributed by atoms with Crippen LogP contribution in [0.3, 0.4) is 0 Å². The fourth-order valence-corrected chi connectivity index (χ4v) is 4.11. The Morgan fingerprint density at radius 1 is 1.32 bits per heavy atom. The van der Waals surface area contributed by atoms with E-state index in [9.17, 15) is 4.79 Å². The van der Waals surface area contributed by atoms with Gasteiger partial charge in [-0.25, -0.2) is 4.98 Å². The second kappa shape index (κ2) is 4.81. The van der Waals surface area contributed by atoms with Crippen LogP contribution in [0.15, 0.2) is 17.3 Å². The van der Waals surface area contributed by atoms with Gasteiger partial charge in [0.05, 0.1) is 12.5 Å². The largest absolute Gasteiger partial charge is 0.327 e. The Bertz CT molecular complexity index is 755. The van der Waals surface area contributed by atoms with Crippen LogP contribution in [-0.2, 0) is 7.05 Å². The van der Waals surface area contributed by atoms with E-state index in [1.54, 1.807) is 24.4 Å². The lowest BCUT2D eigenvalue weighted by Crippen LogP contribution is -2.50. The molecule has 1 atom stereocenters. The summed E-state index contributed by atoms with van der Waals surface area (Å²) in [4.78, 5) is 18.3. The molecule has 1 aliphatic heterocycles. The molecule has 1 saturated carbocycles. The number of fused-ring (bicyclic) bond motifs is 1. The molecule has 2 aliphatic rings. The van der Waals surface area contributed by atoms with Crippen LogP contribution in [-0.4, -0.2) is 38.6 Å². The average molecular weight is 302 g/mol. The number of rotatable bonds is 1. The van der Waals surface area contributed by atoms with E-state index < -0.39 is 0 Å². The van der Waals surface area contributed by atoms with Gasteiger partial charge in [0.2, 0.25) is 0 Å². The van der Waals surface area contributed by atoms with Gasteiger partial charge in [-0.1, -0.05) is 6.42 Å². The molecule has 0 aromatic carbocycles. The predicted molar refractivity (Wildman–Crippen MR) is 84.2 cm³/mol. The van der Waals surface area contributed by atoms with Crippen LogP contribution in [0, 0.1) is 5.41 Å². The van der Waals surface area contributed by atoms with E-state index in [4.69, 9.17) is 5.73 Å². The normalized spacial score (nSPS) is 24.5. The summed E-state index contributed by atoms with van der Waals surface area (Å²) in [5.41, 5.74) is 7.26. The lowest BCUT2D eigenvalue weighted by atomic mass is 9.75. The van der Waals surface area contributed by atoms with Crippen LogP contribution in [0.1, 0.15) is 32.1 Å². The second-order valence-electron chi connectivity index (χ2n) is 6.75. The minimum Gasteiger partial charge on any atom is -0.327 e. The van der Waals surface area contributed by atoms with Crippen molar-refractivity contribution >= 4 is 11.0 Å². The molecule has 1 spiro atoms. The quantitative estimate of drug-likeness (QED) is 0.822. The Balaban J connectivity index is 1.62. The van der Waals surface area contributed by atoms with Crippen molar-refractivity contribution in [1.29, 1.82) is 0 Å². The van der Waals surface area contributed by atoms with Gasteiger partial charge < -0.3 is 10.3 Å². The molecule has 7 nitrogen and oxygen atoms in total. The highest BCUT2D eigenvalue weighted by Gasteiger charge is 2.43. The van der Waals surface area contributed by atoms with E-state index >= 15 is 0 Å². The zero-order valence-electron chi connectivity index (χ0n) is 12.9. The van der Waals surface area contributed by atoms with Gasteiger partial charge in [-0.3, -0.25) is 9.80 Å². The standard InChI is InChI=1S/C15H22N6O/c1-19-10-17-13-11(14(19)22)9-18-21(13)20-7-5-15(6-8-20)4-2-3-12(15)16/h9-10,12H,2-8,16H2,1H3. The highest BCUT2D eigenvalue weighted by Crippen LogP contribution is 2.45. The van der Waals surface area contributed by atoms with E-state index in [-0.39, 0.29) is 5.56 Å². The average Bonchev–Trinajstić information content (AvgIpc) is 3.10. The maximum Gasteiger partial charge on any atom is 0.264 e. The highest BCUT2D eigenvalue weighted by atomic mass is 16.1. The molecule has 1 saturated heterocycles. The van der Waals surface area contributed by atoms with Gasteiger partial charge in [0.25, 0.3) is 5.56 Å². The number of nitrogens with zero attached hydrogens (tertiary/aromatic N) is 5. The third-order valence-corrected chi connectivity index (χ3v) is 5.61. The van der Waals surface area contributed by atoms with Gasteiger partial charge in [0.15, 0.2) is 5.65 Å². The van der Waals surface area contributed by atoms with Gasteiger partial charge in [-0.05, 0) is 31.1 Å². The second-order valence-corrected chi connectivity index (χ2v) is 6.75. The number of aryl methyl sites for hydroxylation is 1. The molecular formula is C15H22N6O. The van der Waals surface area contributed by atoms with Gasteiger partial charge in [-0.2, -0.15) is 9.89 Å². The maximum absolute atomic E-state index is 12.1. The smallest absolute Gasteiger partial charge is 0.264 e. The van der Waals surface area contributed by atoms with Crippen molar-refractivity contribution in [2.75, 3.05) is 18.1 Å². The number of nitrogens with two attached hydrogens (primary N) is 1. The van der Waals surface area contributed by atoms with Crippen molar-refractivity contribution in [3.63, 3.8) is 0 Å². The molecule has 0 amide bonds. The van der Waals surface area contributed by atoms with Crippen molar-refractivity contribution in [1.82, 2.24) is 19.4 Å². The monoisotopic (exact) mass is 302 g/mol. The minimum absolute atomic E-state index is 0.0532. The Kier molecular flexibility index (Phi) is 3.00. The molecular weight excluding hydrogens is 280 g/mol. The van der Waals surface area contributed by atoms with E-state index in [0.29, 0.717) is 22.5 Å². The lowest BCUT2D eigenvalue weighted by molar-refractivity contribution is 0.182. The number of aromatic nitrogens is 4. The molecule has 0 radical (unpaired) electrons. The molecule has 2 aromatic heterocycles. The molecule has 3 heterocycles. The highest BCUT2D eigenvalue weighted by molar-refractivity contribution is 5.73.